The molecule has 4 rings (SSSR count). The van der Waals surface area contributed by atoms with Crippen LogP contribution >= 0.6 is 11.8 Å². The summed E-state index contributed by atoms with van der Waals surface area (Å²) < 4.78 is 41.2. The van der Waals surface area contributed by atoms with E-state index < -0.39 is 11.7 Å². The van der Waals surface area contributed by atoms with Crippen molar-refractivity contribution < 1.29 is 13.2 Å². The Kier molecular flexibility index (Phi) is 6.80. The molecule has 0 atom stereocenters. The quantitative estimate of drug-likeness (QED) is 0.444. The minimum atomic E-state index is -4.37. The van der Waals surface area contributed by atoms with Crippen LogP contribution in [0, 0.1) is 0 Å². The fourth-order valence-electron chi connectivity index (χ4n) is 3.85. The summed E-state index contributed by atoms with van der Waals surface area (Å²) in [5.74, 6) is 1.48. The molecular weight excluding hydrogens is 423 g/mol. The molecule has 0 radical (unpaired) electrons. The highest BCUT2D eigenvalue weighted by atomic mass is 32.2. The van der Waals surface area contributed by atoms with Crippen molar-refractivity contribution in [2.45, 2.75) is 61.8 Å². The summed E-state index contributed by atoms with van der Waals surface area (Å²) in [5.41, 5.74) is 0.853. The third-order valence-electron chi connectivity index (χ3n) is 5.41. The number of halogens is 3. The largest absolute Gasteiger partial charge is 0.416 e. The van der Waals surface area contributed by atoms with Gasteiger partial charge in [-0.25, -0.2) is 0 Å². The van der Waals surface area contributed by atoms with Crippen LogP contribution in [0.4, 0.5) is 18.9 Å². The van der Waals surface area contributed by atoms with E-state index in [0.29, 0.717) is 18.3 Å². The van der Waals surface area contributed by atoms with Crippen LogP contribution in [0.15, 0.2) is 53.9 Å². The number of hydrogen-bond acceptors (Lipinski definition) is 5. The van der Waals surface area contributed by atoms with Crippen molar-refractivity contribution in [3.8, 4) is 0 Å². The van der Waals surface area contributed by atoms with Gasteiger partial charge in [0.25, 0.3) is 0 Å². The summed E-state index contributed by atoms with van der Waals surface area (Å²) in [5, 5.41) is 12.7. The number of rotatable bonds is 7. The van der Waals surface area contributed by atoms with E-state index in [1.807, 2.05) is 18.3 Å². The SMILES string of the molecule is FC(F)(F)c1cccc(NCc2nnc(SCc3cccnc3)n2C2CCCCC2)c1. The number of alkyl halides is 3. The minimum absolute atomic E-state index is 0.318. The molecule has 1 saturated carbocycles. The van der Waals surface area contributed by atoms with E-state index in [9.17, 15) is 13.2 Å². The van der Waals surface area contributed by atoms with Crippen LogP contribution in [0.3, 0.4) is 0 Å². The van der Waals surface area contributed by atoms with Gasteiger partial charge in [0.15, 0.2) is 11.0 Å². The van der Waals surface area contributed by atoms with Crippen molar-refractivity contribution in [1.82, 2.24) is 19.7 Å². The first-order valence-electron chi connectivity index (χ1n) is 10.4. The maximum Gasteiger partial charge on any atom is 0.416 e. The number of nitrogens with zero attached hydrogens (tertiary/aromatic N) is 4. The van der Waals surface area contributed by atoms with Gasteiger partial charge >= 0.3 is 6.18 Å². The van der Waals surface area contributed by atoms with E-state index in [1.54, 1.807) is 24.0 Å². The number of pyridine rings is 1. The van der Waals surface area contributed by atoms with E-state index >= 15 is 0 Å². The van der Waals surface area contributed by atoms with E-state index in [4.69, 9.17) is 0 Å². The Bertz CT molecular complexity index is 984. The van der Waals surface area contributed by atoms with Crippen LogP contribution in [0.25, 0.3) is 0 Å². The molecule has 0 spiro atoms. The lowest BCUT2D eigenvalue weighted by Crippen LogP contribution is -2.18. The zero-order valence-electron chi connectivity index (χ0n) is 17.0. The van der Waals surface area contributed by atoms with Gasteiger partial charge in [-0.1, -0.05) is 43.2 Å². The molecule has 164 valence electrons. The van der Waals surface area contributed by atoms with Gasteiger partial charge in [0, 0.05) is 29.9 Å². The lowest BCUT2D eigenvalue weighted by molar-refractivity contribution is -0.137. The average molecular weight is 448 g/mol. The highest BCUT2D eigenvalue weighted by Gasteiger charge is 2.30. The topological polar surface area (TPSA) is 55.6 Å². The third-order valence-corrected chi connectivity index (χ3v) is 6.42. The van der Waals surface area contributed by atoms with Crippen molar-refractivity contribution >= 4 is 17.4 Å². The van der Waals surface area contributed by atoms with Gasteiger partial charge in [-0.2, -0.15) is 13.2 Å². The van der Waals surface area contributed by atoms with Gasteiger partial charge in [-0.05, 0) is 42.7 Å². The molecule has 31 heavy (non-hydrogen) atoms. The Labute approximate surface area is 183 Å². The maximum atomic E-state index is 13.0. The lowest BCUT2D eigenvalue weighted by Gasteiger charge is -2.25. The molecule has 9 heteroatoms. The van der Waals surface area contributed by atoms with Gasteiger partial charge in [0.05, 0.1) is 12.1 Å². The Balaban J connectivity index is 1.52. The molecule has 1 aromatic carbocycles. The Morgan fingerprint density at radius 2 is 1.90 bits per heavy atom. The molecule has 1 aliphatic carbocycles. The second-order valence-corrected chi connectivity index (χ2v) is 8.59. The number of benzene rings is 1. The second kappa shape index (κ2) is 9.72. The van der Waals surface area contributed by atoms with Crippen LogP contribution in [0.5, 0.6) is 0 Å². The highest BCUT2D eigenvalue weighted by molar-refractivity contribution is 7.98. The van der Waals surface area contributed by atoms with Crippen LogP contribution in [0.1, 0.15) is 55.1 Å². The van der Waals surface area contributed by atoms with Crippen LogP contribution in [0.2, 0.25) is 0 Å². The molecule has 2 aromatic heterocycles. The first kappa shape index (κ1) is 21.7. The number of nitrogens with one attached hydrogen (secondary N) is 1. The van der Waals surface area contributed by atoms with Crippen molar-refractivity contribution in [2.24, 2.45) is 0 Å². The third kappa shape index (κ3) is 5.58. The average Bonchev–Trinajstić information content (AvgIpc) is 3.20. The van der Waals surface area contributed by atoms with E-state index in [2.05, 4.69) is 25.1 Å². The minimum Gasteiger partial charge on any atom is -0.378 e. The molecule has 5 nitrogen and oxygen atoms in total. The summed E-state index contributed by atoms with van der Waals surface area (Å²) in [7, 11) is 0. The highest BCUT2D eigenvalue weighted by Crippen LogP contribution is 2.34. The molecular formula is C22H24F3N5S. The fourth-order valence-corrected chi connectivity index (χ4v) is 4.81. The number of thioether (sulfide) groups is 1. The lowest BCUT2D eigenvalue weighted by atomic mass is 9.95. The number of anilines is 1. The smallest absolute Gasteiger partial charge is 0.378 e. The fraction of sp³-hybridized carbons (Fsp3) is 0.409. The monoisotopic (exact) mass is 447 g/mol. The van der Waals surface area contributed by atoms with Gasteiger partial charge in [-0.3, -0.25) is 4.98 Å². The van der Waals surface area contributed by atoms with Crippen LogP contribution in [-0.4, -0.2) is 19.7 Å². The molecule has 2 heterocycles. The summed E-state index contributed by atoms with van der Waals surface area (Å²) in [4.78, 5) is 4.16. The number of hydrogen-bond donors (Lipinski definition) is 1. The van der Waals surface area contributed by atoms with E-state index in [-0.39, 0.29) is 0 Å². The first-order valence-corrected chi connectivity index (χ1v) is 11.4. The predicted octanol–water partition coefficient (Wildman–Crippen LogP) is 6.10. The maximum absolute atomic E-state index is 13.0. The first-order chi connectivity index (χ1) is 15.0. The van der Waals surface area contributed by atoms with Crippen molar-refractivity contribution in [3.63, 3.8) is 0 Å². The molecule has 0 saturated heterocycles. The van der Waals surface area contributed by atoms with E-state index in [0.717, 1.165) is 60.1 Å². The zero-order valence-corrected chi connectivity index (χ0v) is 17.8. The normalized spacial score (nSPS) is 15.2. The van der Waals surface area contributed by atoms with Gasteiger partial charge in [0.1, 0.15) is 0 Å². The van der Waals surface area contributed by atoms with Gasteiger partial charge < -0.3 is 9.88 Å². The van der Waals surface area contributed by atoms with Crippen molar-refractivity contribution in [3.05, 3.63) is 65.7 Å². The molecule has 0 bridgehead atoms. The van der Waals surface area contributed by atoms with Crippen molar-refractivity contribution in [1.29, 1.82) is 0 Å². The summed E-state index contributed by atoms with van der Waals surface area (Å²) in [6.45, 7) is 0.318. The zero-order chi connectivity index (χ0) is 21.7. The molecule has 1 N–H and O–H groups in total. The predicted molar refractivity (Wildman–Crippen MR) is 115 cm³/mol. The second-order valence-electron chi connectivity index (χ2n) is 7.64. The molecule has 0 amide bonds. The van der Waals surface area contributed by atoms with Crippen molar-refractivity contribution in [2.75, 3.05) is 5.32 Å². The Morgan fingerprint density at radius 1 is 1.06 bits per heavy atom. The molecule has 0 aliphatic heterocycles. The molecule has 0 unspecified atom stereocenters. The molecule has 1 fully saturated rings. The standard InChI is InChI=1S/C22H24F3N5S/c23-22(24,25)17-7-4-8-18(12-17)27-14-20-28-29-21(30(20)19-9-2-1-3-10-19)31-15-16-6-5-11-26-13-16/h4-8,11-13,19,27H,1-3,9-10,14-15H2. The van der Waals surface area contributed by atoms with Gasteiger partial charge in [0.2, 0.25) is 0 Å². The summed E-state index contributed by atoms with van der Waals surface area (Å²) in [6, 6.07) is 9.49. The van der Waals surface area contributed by atoms with Crippen LogP contribution < -0.4 is 5.32 Å². The number of aromatic nitrogens is 4. The molecule has 1 aliphatic rings. The Hall–Kier alpha value is -2.55. The van der Waals surface area contributed by atoms with Gasteiger partial charge in [-0.15, -0.1) is 10.2 Å². The van der Waals surface area contributed by atoms with Crippen LogP contribution in [-0.2, 0) is 18.5 Å². The Morgan fingerprint density at radius 3 is 2.65 bits per heavy atom. The summed E-state index contributed by atoms with van der Waals surface area (Å²) >= 11 is 1.61. The molecule has 3 aromatic rings. The summed E-state index contributed by atoms with van der Waals surface area (Å²) in [6.07, 6.45) is 4.90. The van der Waals surface area contributed by atoms with E-state index in [1.165, 1.54) is 12.5 Å².